The molecule has 2 aromatic rings. The van der Waals surface area contributed by atoms with Crippen LogP contribution in [-0.4, -0.2) is 52.9 Å². The predicted molar refractivity (Wildman–Crippen MR) is 81.9 cm³/mol. The van der Waals surface area contributed by atoms with E-state index in [-0.39, 0.29) is 0 Å². The molecule has 7 nitrogen and oxygen atoms in total. The standard InChI is InChI=1S/C13H18BrN5O2/c1-20-7-9-10(6-18-2-4-21-5-3-18)19-12(11(9)14)13(15)16-8-17-19/h8H,2-7H2,1H3,(H2,15,16,17). The summed E-state index contributed by atoms with van der Waals surface area (Å²) in [6.45, 7) is 4.65. The number of morpholine rings is 1. The number of hydrogen-bond acceptors (Lipinski definition) is 6. The third kappa shape index (κ3) is 2.76. The van der Waals surface area contributed by atoms with Crippen LogP contribution < -0.4 is 5.73 Å². The van der Waals surface area contributed by atoms with E-state index in [1.165, 1.54) is 6.33 Å². The van der Waals surface area contributed by atoms with Crippen molar-refractivity contribution in [2.24, 2.45) is 0 Å². The van der Waals surface area contributed by atoms with E-state index in [2.05, 4.69) is 30.9 Å². The number of aromatic nitrogens is 3. The highest BCUT2D eigenvalue weighted by atomic mass is 79.9. The van der Waals surface area contributed by atoms with Crippen molar-refractivity contribution in [1.29, 1.82) is 0 Å². The fraction of sp³-hybridized carbons (Fsp3) is 0.538. The molecule has 0 aromatic carbocycles. The van der Waals surface area contributed by atoms with E-state index in [1.807, 2.05) is 4.52 Å². The SMILES string of the molecule is COCc1c(Br)c2c(N)ncnn2c1CN1CCOCC1. The third-order valence-corrected chi connectivity index (χ3v) is 4.52. The van der Waals surface area contributed by atoms with Crippen molar-refractivity contribution in [2.75, 3.05) is 39.1 Å². The van der Waals surface area contributed by atoms with E-state index in [1.54, 1.807) is 7.11 Å². The molecular weight excluding hydrogens is 338 g/mol. The fourth-order valence-electron chi connectivity index (χ4n) is 2.60. The molecule has 21 heavy (non-hydrogen) atoms. The third-order valence-electron chi connectivity index (χ3n) is 3.66. The molecule has 0 atom stereocenters. The molecule has 2 N–H and O–H groups in total. The number of hydrogen-bond donors (Lipinski definition) is 1. The highest BCUT2D eigenvalue weighted by Gasteiger charge is 2.22. The Balaban J connectivity index is 2.05. The first-order valence-corrected chi connectivity index (χ1v) is 7.59. The molecule has 3 heterocycles. The van der Waals surface area contributed by atoms with Crippen LogP contribution in [0.25, 0.3) is 5.52 Å². The minimum absolute atomic E-state index is 0.461. The summed E-state index contributed by atoms with van der Waals surface area (Å²) in [5.74, 6) is 0.461. The first-order valence-electron chi connectivity index (χ1n) is 6.79. The smallest absolute Gasteiger partial charge is 0.152 e. The summed E-state index contributed by atoms with van der Waals surface area (Å²) in [5.41, 5.74) is 8.94. The number of nitrogen functional groups attached to an aromatic ring is 1. The van der Waals surface area contributed by atoms with E-state index in [0.717, 1.165) is 54.1 Å². The van der Waals surface area contributed by atoms with Gasteiger partial charge in [0.05, 0.1) is 30.0 Å². The van der Waals surface area contributed by atoms with Gasteiger partial charge in [0, 0.05) is 32.3 Å². The monoisotopic (exact) mass is 355 g/mol. The van der Waals surface area contributed by atoms with Gasteiger partial charge in [-0.2, -0.15) is 5.10 Å². The number of rotatable bonds is 4. The Morgan fingerprint density at radius 2 is 2.19 bits per heavy atom. The van der Waals surface area contributed by atoms with Crippen LogP contribution >= 0.6 is 15.9 Å². The lowest BCUT2D eigenvalue weighted by Gasteiger charge is -2.26. The first kappa shape index (κ1) is 14.7. The second-order valence-electron chi connectivity index (χ2n) is 4.97. The molecule has 0 amide bonds. The molecular formula is C13H18BrN5O2. The Kier molecular flexibility index (Phi) is 4.39. The summed E-state index contributed by atoms with van der Waals surface area (Å²) in [6, 6.07) is 0. The molecule has 1 saturated heterocycles. The molecule has 114 valence electrons. The zero-order valence-electron chi connectivity index (χ0n) is 11.9. The van der Waals surface area contributed by atoms with Crippen molar-refractivity contribution >= 4 is 27.3 Å². The molecule has 1 fully saturated rings. The quantitative estimate of drug-likeness (QED) is 0.883. The molecule has 3 rings (SSSR count). The van der Waals surface area contributed by atoms with Crippen LogP contribution in [0.15, 0.2) is 10.8 Å². The second-order valence-corrected chi connectivity index (χ2v) is 5.76. The van der Waals surface area contributed by atoms with Crippen LogP contribution in [-0.2, 0) is 22.6 Å². The number of nitrogens with zero attached hydrogens (tertiary/aromatic N) is 4. The van der Waals surface area contributed by atoms with Crippen LogP contribution in [0.1, 0.15) is 11.3 Å². The van der Waals surface area contributed by atoms with Crippen LogP contribution in [0.3, 0.4) is 0 Å². The minimum Gasteiger partial charge on any atom is -0.382 e. The van der Waals surface area contributed by atoms with Gasteiger partial charge >= 0.3 is 0 Å². The molecule has 1 aliphatic rings. The summed E-state index contributed by atoms with van der Waals surface area (Å²) < 4.78 is 13.5. The number of fused-ring (bicyclic) bond motifs is 1. The van der Waals surface area contributed by atoms with Crippen LogP contribution in [0, 0.1) is 0 Å². The van der Waals surface area contributed by atoms with Crippen molar-refractivity contribution < 1.29 is 9.47 Å². The highest BCUT2D eigenvalue weighted by molar-refractivity contribution is 9.10. The van der Waals surface area contributed by atoms with E-state index in [9.17, 15) is 0 Å². The van der Waals surface area contributed by atoms with Crippen molar-refractivity contribution in [1.82, 2.24) is 19.5 Å². The number of ether oxygens (including phenoxy) is 2. The first-order chi connectivity index (χ1) is 10.2. The van der Waals surface area contributed by atoms with Gasteiger partial charge in [-0.1, -0.05) is 0 Å². The highest BCUT2D eigenvalue weighted by Crippen LogP contribution is 2.32. The molecule has 0 radical (unpaired) electrons. The zero-order valence-corrected chi connectivity index (χ0v) is 13.5. The Labute approximate surface area is 131 Å². The lowest BCUT2D eigenvalue weighted by Crippen LogP contribution is -2.36. The van der Waals surface area contributed by atoms with Crippen molar-refractivity contribution in [3.05, 3.63) is 22.1 Å². The number of anilines is 1. The summed E-state index contributed by atoms with van der Waals surface area (Å²) in [7, 11) is 1.68. The average molecular weight is 356 g/mol. The van der Waals surface area contributed by atoms with Gasteiger partial charge < -0.3 is 15.2 Å². The van der Waals surface area contributed by atoms with E-state index >= 15 is 0 Å². The lowest BCUT2D eigenvalue weighted by molar-refractivity contribution is 0.0330. The largest absolute Gasteiger partial charge is 0.382 e. The average Bonchev–Trinajstić information content (AvgIpc) is 2.76. The van der Waals surface area contributed by atoms with Gasteiger partial charge in [-0.3, -0.25) is 4.90 Å². The van der Waals surface area contributed by atoms with E-state index in [4.69, 9.17) is 15.2 Å². The van der Waals surface area contributed by atoms with E-state index in [0.29, 0.717) is 12.4 Å². The van der Waals surface area contributed by atoms with Crippen molar-refractivity contribution in [2.45, 2.75) is 13.2 Å². The van der Waals surface area contributed by atoms with Gasteiger partial charge in [0.2, 0.25) is 0 Å². The topological polar surface area (TPSA) is 77.9 Å². The normalized spacial score (nSPS) is 16.7. The Bertz CT molecular complexity index is 639. The summed E-state index contributed by atoms with van der Waals surface area (Å²) in [4.78, 5) is 6.41. The lowest BCUT2D eigenvalue weighted by atomic mass is 10.2. The molecule has 1 aliphatic heterocycles. The van der Waals surface area contributed by atoms with Gasteiger partial charge in [-0.15, -0.1) is 0 Å². The molecule has 0 bridgehead atoms. The molecule has 8 heteroatoms. The summed E-state index contributed by atoms with van der Waals surface area (Å²) >= 11 is 3.62. The maximum Gasteiger partial charge on any atom is 0.152 e. The second kappa shape index (κ2) is 6.27. The van der Waals surface area contributed by atoms with E-state index < -0.39 is 0 Å². The van der Waals surface area contributed by atoms with Crippen LogP contribution in [0.5, 0.6) is 0 Å². The van der Waals surface area contributed by atoms with Gasteiger partial charge in [-0.05, 0) is 15.9 Å². The maximum atomic E-state index is 5.99. The molecule has 2 aromatic heterocycles. The van der Waals surface area contributed by atoms with Gasteiger partial charge in [0.15, 0.2) is 5.82 Å². The molecule has 0 unspecified atom stereocenters. The van der Waals surface area contributed by atoms with Gasteiger partial charge in [-0.25, -0.2) is 9.50 Å². The zero-order chi connectivity index (χ0) is 14.8. The van der Waals surface area contributed by atoms with Crippen molar-refractivity contribution in [3.8, 4) is 0 Å². The maximum absolute atomic E-state index is 5.99. The van der Waals surface area contributed by atoms with Gasteiger partial charge in [0.1, 0.15) is 11.8 Å². The predicted octanol–water partition coefficient (Wildman–Crippen LogP) is 1.05. The molecule has 0 saturated carbocycles. The number of nitrogens with two attached hydrogens (primary N) is 1. The summed E-state index contributed by atoms with van der Waals surface area (Å²) in [5, 5.41) is 4.35. The minimum atomic E-state index is 0.461. The fourth-order valence-corrected chi connectivity index (χ4v) is 3.31. The number of methoxy groups -OCH3 is 1. The number of halogens is 1. The van der Waals surface area contributed by atoms with Crippen LogP contribution in [0.4, 0.5) is 5.82 Å². The molecule has 0 spiro atoms. The Morgan fingerprint density at radius 1 is 1.43 bits per heavy atom. The summed E-state index contributed by atoms with van der Waals surface area (Å²) in [6.07, 6.45) is 1.48. The van der Waals surface area contributed by atoms with Crippen LogP contribution in [0.2, 0.25) is 0 Å². The Morgan fingerprint density at radius 3 is 2.90 bits per heavy atom. The van der Waals surface area contributed by atoms with Crippen molar-refractivity contribution in [3.63, 3.8) is 0 Å². The van der Waals surface area contributed by atoms with Gasteiger partial charge in [0.25, 0.3) is 0 Å². The Hall–Kier alpha value is -1.22. The molecule has 0 aliphatic carbocycles.